The number of hydrogen-bond donors (Lipinski definition) is 1. The number of aryl methyl sites for hydroxylation is 1. The molecule has 1 aliphatic heterocycles. The van der Waals surface area contributed by atoms with Crippen LogP contribution in [0.3, 0.4) is 0 Å². The van der Waals surface area contributed by atoms with E-state index >= 15 is 0 Å². The van der Waals surface area contributed by atoms with Crippen molar-refractivity contribution in [1.29, 1.82) is 0 Å². The van der Waals surface area contributed by atoms with Gasteiger partial charge in [-0.05, 0) is 24.3 Å². The Bertz CT molecular complexity index is 967. The molecule has 2 atom stereocenters. The molecule has 28 heavy (non-hydrogen) atoms. The summed E-state index contributed by atoms with van der Waals surface area (Å²) in [5.74, 6) is -0.110. The Labute approximate surface area is 159 Å². The molecular formula is C19H19F3N4O2. The zero-order valence-electron chi connectivity index (χ0n) is 15.1. The molecule has 0 amide bonds. The molecule has 0 unspecified atom stereocenters. The molecule has 4 heterocycles. The topological polar surface area (TPSA) is 61.2 Å². The quantitative estimate of drug-likeness (QED) is 0.740. The normalized spacial score (nSPS) is 18.9. The minimum atomic E-state index is -4.61. The van der Waals surface area contributed by atoms with Crippen molar-refractivity contribution in [3.8, 4) is 17.1 Å². The van der Waals surface area contributed by atoms with Crippen molar-refractivity contribution in [3.63, 3.8) is 0 Å². The highest BCUT2D eigenvalue weighted by Crippen LogP contribution is 2.33. The summed E-state index contributed by atoms with van der Waals surface area (Å²) in [4.78, 5) is 8.65. The molecule has 3 aromatic rings. The third kappa shape index (κ3) is 3.81. The lowest BCUT2D eigenvalue weighted by molar-refractivity contribution is -0.230. The van der Waals surface area contributed by atoms with Gasteiger partial charge in [-0.1, -0.05) is 0 Å². The molecule has 1 fully saturated rings. The summed E-state index contributed by atoms with van der Waals surface area (Å²) in [7, 11) is 1.85. The van der Waals surface area contributed by atoms with Crippen LogP contribution in [0.4, 0.5) is 13.2 Å². The number of morpholine rings is 1. The molecule has 1 aliphatic rings. The van der Waals surface area contributed by atoms with Gasteiger partial charge >= 0.3 is 6.18 Å². The van der Waals surface area contributed by atoms with E-state index < -0.39 is 18.4 Å². The first kappa shape index (κ1) is 18.7. The minimum Gasteiger partial charge on any atom is -0.461 e. The van der Waals surface area contributed by atoms with E-state index in [4.69, 9.17) is 9.47 Å². The second-order valence-electron chi connectivity index (χ2n) is 6.64. The van der Waals surface area contributed by atoms with Crippen LogP contribution < -0.4 is 10.1 Å². The second-order valence-corrected chi connectivity index (χ2v) is 6.64. The number of alkyl halides is 3. The van der Waals surface area contributed by atoms with Gasteiger partial charge in [0.1, 0.15) is 6.10 Å². The van der Waals surface area contributed by atoms with Crippen LogP contribution in [0.15, 0.2) is 42.9 Å². The summed E-state index contributed by atoms with van der Waals surface area (Å²) < 4.78 is 53.8. The zero-order valence-corrected chi connectivity index (χ0v) is 15.1. The maximum atomic E-state index is 13.7. The van der Waals surface area contributed by atoms with Crippen molar-refractivity contribution >= 4 is 10.9 Å². The Kier molecular flexibility index (Phi) is 4.94. The molecule has 3 aromatic heterocycles. The fourth-order valence-corrected chi connectivity index (χ4v) is 3.19. The van der Waals surface area contributed by atoms with E-state index in [9.17, 15) is 13.2 Å². The predicted octanol–water partition coefficient (Wildman–Crippen LogP) is 2.93. The van der Waals surface area contributed by atoms with Crippen LogP contribution in [0.1, 0.15) is 0 Å². The second kappa shape index (κ2) is 7.40. The van der Waals surface area contributed by atoms with Crippen molar-refractivity contribution in [1.82, 2.24) is 19.9 Å². The molecule has 148 valence electrons. The summed E-state index contributed by atoms with van der Waals surface area (Å²) in [6.07, 6.45) is -2.65. The maximum Gasteiger partial charge on any atom is 0.428 e. The van der Waals surface area contributed by atoms with Gasteiger partial charge in [-0.15, -0.1) is 0 Å². The van der Waals surface area contributed by atoms with Crippen LogP contribution in [0.2, 0.25) is 0 Å². The fraction of sp³-hybridized carbons (Fsp3) is 0.368. The van der Waals surface area contributed by atoms with E-state index in [2.05, 4.69) is 15.3 Å². The van der Waals surface area contributed by atoms with Gasteiger partial charge in [-0.2, -0.15) is 13.2 Å². The van der Waals surface area contributed by atoms with Crippen molar-refractivity contribution in [2.24, 2.45) is 7.05 Å². The van der Waals surface area contributed by atoms with Crippen LogP contribution in [-0.2, 0) is 11.8 Å². The number of ether oxygens (including phenoxy) is 2. The van der Waals surface area contributed by atoms with E-state index in [1.807, 2.05) is 30.1 Å². The smallest absolute Gasteiger partial charge is 0.428 e. The minimum absolute atomic E-state index is 0.0543. The van der Waals surface area contributed by atoms with Gasteiger partial charge < -0.3 is 19.4 Å². The van der Waals surface area contributed by atoms with Gasteiger partial charge in [-0.3, -0.25) is 4.98 Å². The van der Waals surface area contributed by atoms with Crippen molar-refractivity contribution in [2.45, 2.75) is 18.4 Å². The summed E-state index contributed by atoms with van der Waals surface area (Å²) in [5.41, 5.74) is 1.76. The molecule has 9 heteroatoms. The highest BCUT2D eigenvalue weighted by molar-refractivity contribution is 5.86. The molecule has 0 spiro atoms. The van der Waals surface area contributed by atoms with Gasteiger partial charge in [0, 0.05) is 44.3 Å². The SMILES string of the molecule is Cn1ccc(-c2cc3ncccc3c(O[C@@H]([C@@H]3CNCCO3)C(F)(F)F)n2)c1. The number of pyridine rings is 2. The van der Waals surface area contributed by atoms with Crippen LogP contribution in [0.5, 0.6) is 5.88 Å². The molecule has 4 rings (SSSR count). The fourth-order valence-electron chi connectivity index (χ4n) is 3.19. The summed E-state index contributed by atoms with van der Waals surface area (Å²) in [6, 6.07) is 6.85. The largest absolute Gasteiger partial charge is 0.461 e. The Hall–Kier alpha value is -2.65. The molecule has 0 bridgehead atoms. The Morgan fingerprint density at radius 3 is 2.89 bits per heavy atom. The third-order valence-corrected chi connectivity index (χ3v) is 4.55. The summed E-state index contributed by atoms with van der Waals surface area (Å²) >= 11 is 0. The van der Waals surface area contributed by atoms with Crippen molar-refractivity contribution < 1.29 is 22.6 Å². The summed E-state index contributed by atoms with van der Waals surface area (Å²) in [6.45, 7) is 0.759. The predicted molar refractivity (Wildman–Crippen MR) is 97.0 cm³/mol. The van der Waals surface area contributed by atoms with Gasteiger partial charge in [0.05, 0.1) is 23.2 Å². The standard InChI is InChI=1S/C19H19F3N4O2/c1-26-7-4-12(11-26)14-9-15-13(3-2-5-24-15)18(25-14)28-17(19(20,21)22)16-10-23-6-8-27-16/h2-5,7,9,11,16-17,23H,6,8,10H2,1H3/t16-,17-/m0/s1. The van der Waals surface area contributed by atoms with Crippen molar-refractivity contribution in [2.75, 3.05) is 19.7 Å². The van der Waals surface area contributed by atoms with E-state index in [1.165, 1.54) is 0 Å². The molecule has 1 N–H and O–H groups in total. The number of hydrogen-bond acceptors (Lipinski definition) is 5. The van der Waals surface area contributed by atoms with Gasteiger partial charge in [0.15, 0.2) is 0 Å². The monoisotopic (exact) mass is 392 g/mol. The number of nitrogens with zero attached hydrogens (tertiary/aromatic N) is 3. The molecule has 6 nitrogen and oxygen atoms in total. The molecule has 0 aliphatic carbocycles. The zero-order chi connectivity index (χ0) is 19.7. The Balaban J connectivity index is 1.77. The molecular weight excluding hydrogens is 373 g/mol. The lowest BCUT2D eigenvalue weighted by Gasteiger charge is -2.32. The number of fused-ring (bicyclic) bond motifs is 1. The Morgan fingerprint density at radius 2 is 2.21 bits per heavy atom. The summed E-state index contributed by atoms with van der Waals surface area (Å²) in [5, 5.41) is 3.33. The lowest BCUT2D eigenvalue weighted by Crippen LogP contribution is -2.53. The van der Waals surface area contributed by atoms with Crippen LogP contribution in [0, 0.1) is 0 Å². The highest BCUT2D eigenvalue weighted by atomic mass is 19.4. The molecule has 0 aromatic carbocycles. The van der Waals surface area contributed by atoms with E-state index in [0.29, 0.717) is 23.1 Å². The lowest BCUT2D eigenvalue weighted by atomic mass is 10.1. The first-order valence-corrected chi connectivity index (χ1v) is 8.85. The number of rotatable bonds is 4. The van der Waals surface area contributed by atoms with Gasteiger partial charge in [0.2, 0.25) is 12.0 Å². The molecule has 1 saturated heterocycles. The van der Waals surface area contributed by atoms with Gasteiger partial charge in [-0.25, -0.2) is 4.98 Å². The van der Waals surface area contributed by atoms with E-state index in [0.717, 1.165) is 5.56 Å². The van der Waals surface area contributed by atoms with Crippen molar-refractivity contribution in [3.05, 3.63) is 42.9 Å². The first-order chi connectivity index (χ1) is 13.4. The highest BCUT2D eigenvalue weighted by Gasteiger charge is 2.48. The maximum absolute atomic E-state index is 13.7. The van der Waals surface area contributed by atoms with E-state index in [1.54, 1.807) is 24.4 Å². The van der Waals surface area contributed by atoms with Crippen LogP contribution >= 0.6 is 0 Å². The Morgan fingerprint density at radius 1 is 1.36 bits per heavy atom. The first-order valence-electron chi connectivity index (χ1n) is 8.85. The van der Waals surface area contributed by atoms with Crippen LogP contribution in [0.25, 0.3) is 22.2 Å². The average Bonchev–Trinajstić information content (AvgIpc) is 3.12. The number of halogens is 3. The third-order valence-electron chi connectivity index (χ3n) is 4.55. The average molecular weight is 392 g/mol. The number of aromatic nitrogens is 3. The van der Waals surface area contributed by atoms with Gasteiger partial charge in [0.25, 0.3) is 0 Å². The number of nitrogens with one attached hydrogen (secondary N) is 1. The van der Waals surface area contributed by atoms with E-state index in [-0.39, 0.29) is 19.0 Å². The molecule has 0 saturated carbocycles. The van der Waals surface area contributed by atoms with Crippen LogP contribution in [-0.4, -0.2) is 52.6 Å². The molecule has 0 radical (unpaired) electrons.